The zero-order chi connectivity index (χ0) is 17.5. The van der Waals surface area contributed by atoms with Crippen LogP contribution in [-0.2, 0) is 4.79 Å². The largest absolute Gasteiger partial charge is 0.493 e. The van der Waals surface area contributed by atoms with Gasteiger partial charge in [-0.1, -0.05) is 6.07 Å². The molecule has 1 heterocycles. The number of carbonyl (C=O) groups excluding carboxylic acids is 1. The highest BCUT2D eigenvalue weighted by molar-refractivity contribution is 7.14. The minimum absolute atomic E-state index is 0.0535. The van der Waals surface area contributed by atoms with Gasteiger partial charge in [-0.15, -0.1) is 11.3 Å². The monoisotopic (exact) mass is 343 g/mol. The second kappa shape index (κ2) is 8.13. The molecule has 24 heavy (non-hydrogen) atoms. The predicted octanol–water partition coefficient (Wildman–Crippen LogP) is 3.04. The fourth-order valence-corrected chi connectivity index (χ4v) is 2.66. The van der Waals surface area contributed by atoms with Crippen LogP contribution >= 0.6 is 11.3 Å². The number of rotatable bonds is 6. The molecule has 0 atom stereocenters. The van der Waals surface area contributed by atoms with Gasteiger partial charge in [0.15, 0.2) is 23.2 Å². The van der Waals surface area contributed by atoms with Crippen LogP contribution in [0.25, 0.3) is 6.08 Å². The van der Waals surface area contributed by atoms with Gasteiger partial charge in [0.25, 0.3) is 5.91 Å². The van der Waals surface area contributed by atoms with Crippen molar-refractivity contribution in [3.8, 4) is 17.6 Å². The number of nitriles is 1. The van der Waals surface area contributed by atoms with E-state index in [-0.39, 0.29) is 12.5 Å². The fraction of sp³-hybridized carbons (Fsp3) is 0.235. The lowest BCUT2D eigenvalue weighted by Crippen LogP contribution is -2.23. The molecule has 0 saturated carbocycles. The zero-order valence-electron chi connectivity index (χ0n) is 13.6. The number of anilines is 1. The summed E-state index contributed by atoms with van der Waals surface area (Å²) in [7, 11) is 3.20. The second-order valence-electron chi connectivity index (χ2n) is 4.86. The maximum Gasteiger partial charge on any atom is 0.252 e. The summed E-state index contributed by atoms with van der Waals surface area (Å²) in [6.45, 7) is 1.83. The van der Waals surface area contributed by atoms with E-state index in [0.29, 0.717) is 16.6 Å². The standard InChI is InChI=1S/C17H17N3O3S/c1-12-11-24-17(19-12)20(2)16(21)7-5-13-4-6-14(23-9-8-18)15(10-13)22-3/h4-7,10-11H,9H2,1-3H3/b7-5+. The highest BCUT2D eigenvalue weighted by Crippen LogP contribution is 2.28. The SMILES string of the molecule is COc1cc(/C=C/C(=O)N(C)c2nc(C)cs2)ccc1OCC#N. The van der Waals surface area contributed by atoms with Crippen LogP contribution in [-0.4, -0.2) is 31.7 Å². The van der Waals surface area contributed by atoms with Gasteiger partial charge in [0.2, 0.25) is 0 Å². The van der Waals surface area contributed by atoms with Crippen molar-refractivity contribution in [1.29, 1.82) is 5.26 Å². The van der Waals surface area contributed by atoms with E-state index >= 15 is 0 Å². The number of ether oxygens (including phenoxy) is 2. The molecule has 1 aromatic carbocycles. The molecule has 7 heteroatoms. The van der Waals surface area contributed by atoms with Crippen LogP contribution < -0.4 is 14.4 Å². The smallest absolute Gasteiger partial charge is 0.252 e. The molecule has 1 amide bonds. The van der Waals surface area contributed by atoms with Gasteiger partial charge < -0.3 is 9.47 Å². The first-order chi connectivity index (χ1) is 11.5. The predicted molar refractivity (Wildman–Crippen MR) is 93.4 cm³/mol. The second-order valence-corrected chi connectivity index (χ2v) is 5.70. The molecule has 0 radical (unpaired) electrons. The Balaban J connectivity index is 2.10. The summed E-state index contributed by atoms with van der Waals surface area (Å²) in [6.07, 6.45) is 3.16. The number of methoxy groups -OCH3 is 1. The summed E-state index contributed by atoms with van der Waals surface area (Å²) < 4.78 is 10.5. The maximum absolute atomic E-state index is 12.2. The van der Waals surface area contributed by atoms with Crippen LogP contribution in [0.15, 0.2) is 29.7 Å². The molecule has 0 saturated heterocycles. The Morgan fingerprint density at radius 2 is 2.25 bits per heavy atom. The Bertz CT molecular complexity index is 793. The minimum Gasteiger partial charge on any atom is -0.493 e. The summed E-state index contributed by atoms with van der Waals surface area (Å²) in [5.74, 6) is 0.815. The van der Waals surface area contributed by atoms with E-state index in [1.54, 1.807) is 31.3 Å². The molecule has 1 aromatic heterocycles. The Labute approximate surface area is 144 Å². The number of aromatic nitrogens is 1. The summed E-state index contributed by atoms with van der Waals surface area (Å²) >= 11 is 1.42. The number of aryl methyl sites for hydroxylation is 1. The number of likely N-dealkylation sites (N-methyl/N-ethyl adjacent to an activating group) is 1. The van der Waals surface area contributed by atoms with Gasteiger partial charge in [-0.2, -0.15) is 5.26 Å². The number of thiazole rings is 1. The number of nitrogens with zero attached hydrogens (tertiary/aromatic N) is 3. The molecule has 0 N–H and O–H groups in total. The molecular formula is C17H17N3O3S. The summed E-state index contributed by atoms with van der Waals surface area (Å²) in [5, 5.41) is 11.1. The van der Waals surface area contributed by atoms with Crippen molar-refractivity contribution in [2.75, 3.05) is 25.7 Å². The van der Waals surface area contributed by atoms with E-state index < -0.39 is 0 Å². The van der Waals surface area contributed by atoms with Crippen molar-refractivity contribution < 1.29 is 14.3 Å². The molecule has 2 aromatic rings. The molecular weight excluding hydrogens is 326 g/mol. The molecule has 0 bridgehead atoms. The molecule has 0 fully saturated rings. The van der Waals surface area contributed by atoms with E-state index in [2.05, 4.69) is 4.98 Å². The summed E-state index contributed by atoms with van der Waals surface area (Å²) in [6, 6.07) is 7.13. The number of carbonyl (C=O) groups is 1. The molecule has 6 nitrogen and oxygen atoms in total. The maximum atomic E-state index is 12.2. The first kappa shape index (κ1) is 17.5. The molecule has 0 aliphatic heterocycles. The number of hydrogen-bond acceptors (Lipinski definition) is 6. The normalized spacial score (nSPS) is 10.4. The van der Waals surface area contributed by atoms with Crippen molar-refractivity contribution in [2.24, 2.45) is 0 Å². The van der Waals surface area contributed by atoms with Gasteiger partial charge in [-0.25, -0.2) is 4.98 Å². The molecule has 124 valence electrons. The van der Waals surface area contributed by atoms with Gasteiger partial charge in [0.1, 0.15) is 6.07 Å². The first-order valence-electron chi connectivity index (χ1n) is 7.11. The fourth-order valence-electron chi connectivity index (χ4n) is 1.89. The van der Waals surface area contributed by atoms with Crippen LogP contribution in [0.5, 0.6) is 11.5 Å². The lowest BCUT2D eigenvalue weighted by Gasteiger charge is -2.11. The van der Waals surface area contributed by atoms with Crippen LogP contribution in [0.2, 0.25) is 0 Å². The van der Waals surface area contributed by atoms with Crippen LogP contribution in [0.1, 0.15) is 11.3 Å². The minimum atomic E-state index is -0.173. The first-order valence-corrected chi connectivity index (χ1v) is 7.98. The van der Waals surface area contributed by atoms with Crippen molar-refractivity contribution in [1.82, 2.24) is 4.98 Å². The van der Waals surface area contributed by atoms with Crippen LogP contribution in [0.3, 0.4) is 0 Å². The van der Waals surface area contributed by atoms with Gasteiger partial charge >= 0.3 is 0 Å². The average Bonchev–Trinajstić information content (AvgIpc) is 3.03. The number of amides is 1. The topological polar surface area (TPSA) is 75.4 Å². The Hall–Kier alpha value is -2.85. The molecule has 2 rings (SSSR count). The lowest BCUT2D eigenvalue weighted by molar-refractivity contribution is -0.113. The van der Waals surface area contributed by atoms with E-state index in [1.807, 2.05) is 18.4 Å². The molecule has 0 spiro atoms. The molecule has 0 aliphatic rings. The highest BCUT2D eigenvalue weighted by atomic mass is 32.1. The number of benzene rings is 1. The average molecular weight is 343 g/mol. The summed E-state index contributed by atoms with van der Waals surface area (Å²) in [5.41, 5.74) is 1.67. The number of hydrogen-bond donors (Lipinski definition) is 0. The van der Waals surface area contributed by atoms with Crippen molar-refractivity contribution in [2.45, 2.75) is 6.92 Å². The zero-order valence-corrected chi connectivity index (χ0v) is 14.5. The third-order valence-corrected chi connectivity index (χ3v) is 4.16. The Morgan fingerprint density at radius 3 is 2.88 bits per heavy atom. The van der Waals surface area contributed by atoms with E-state index in [9.17, 15) is 4.79 Å². The van der Waals surface area contributed by atoms with Gasteiger partial charge in [-0.3, -0.25) is 9.69 Å². The quantitative estimate of drug-likeness (QED) is 0.754. The third-order valence-electron chi connectivity index (χ3n) is 3.12. The van der Waals surface area contributed by atoms with Crippen LogP contribution in [0, 0.1) is 18.3 Å². The molecule has 0 unspecified atom stereocenters. The Morgan fingerprint density at radius 1 is 1.46 bits per heavy atom. The van der Waals surface area contributed by atoms with Crippen molar-refractivity contribution >= 4 is 28.5 Å². The highest BCUT2D eigenvalue weighted by Gasteiger charge is 2.11. The van der Waals surface area contributed by atoms with Crippen LogP contribution in [0.4, 0.5) is 5.13 Å². The molecule has 0 aliphatic carbocycles. The van der Waals surface area contributed by atoms with E-state index in [4.69, 9.17) is 14.7 Å². The lowest BCUT2D eigenvalue weighted by atomic mass is 10.2. The van der Waals surface area contributed by atoms with Crippen molar-refractivity contribution in [3.63, 3.8) is 0 Å². The van der Waals surface area contributed by atoms with Gasteiger partial charge in [0.05, 0.1) is 12.8 Å². The van der Waals surface area contributed by atoms with Gasteiger partial charge in [-0.05, 0) is 30.7 Å². The van der Waals surface area contributed by atoms with Crippen molar-refractivity contribution in [3.05, 3.63) is 40.9 Å². The third kappa shape index (κ3) is 4.33. The Kier molecular flexibility index (Phi) is 5.93. The summed E-state index contributed by atoms with van der Waals surface area (Å²) in [4.78, 5) is 18.0. The van der Waals surface area contributed by atoms with E-state index in [1.165, 1.54) is 29.4 Å². The van der Waals surface area contributed by atoms with E-state index in [0.717, 1.165) is 11.3 Å². The van der Waals surface area contributed by atoms with Gasteiger partial charge in [0, 0.05) is 18.5 Å².